The summed E-state index contributed by atoms with van der Waals surface area (Å²) in [5.41, 5.74) is 8.30. The van der Waals surface area contributed by atoms with Crippen LogP contribution in [0.5, 0.6) is 5.75 Å². The Morgan fingerprint density at radius 3 is 2.45 bits per heavy atom. The Hall–Kier alpha value is -1.81. The number of halogens is 1. The van der Waals surface area contributed by atoms with Crippen LogP contribution >= 0.6 is 15.9 Å². The summed E-state index contributed by atoms with van der Waals surface area (Å²) in [5, 5.41) is 0. The molecule has 0 aliphatic rings. The summed E-state index contributed by atoms with van der Waals surface area (Å²) in [7, 11) is 1.62. The van der Waals surface area contributed by atoms with Crippen LogP contribution in [0.3, 0.4) is 0 Å². The molecule has 0 fully saturated rings. The maximum Gasteiger partial charge on any atom is 0.141 e. The molecule has 0 aliphatic heterocycles. The number of nitrogens with two attached hydrogens (primary N) is 1. The van der Waals surface area contributed by atoms with E-state index in [-0.39, 0.29) is 5.78 Å². The van der Waals surface area contributed by atoms with Gasteiger partial charge in [0, 0.05) is 18.5 Å². The molecule has 0 saturated heterocycles. The van der Waals surface area contributed by atoms with E-state index in [1.807, 2.05) is 42.5 Å². The molecule has 0 aliphatic carbocycles. The highest BCUT2D eigenvalue weighted by molar-refractivity contribution is 9.10. The van der Waals surface area contributed by atoms with Crippen LogP contribution in [0.4, 0.5) is 5.69 Å². The van der Waals surface area contributed by atoms with Gasteiger partial charge in [0.25, 0.3) is 0 Å². The average Bonchev–Trinajstić information content (AvgIpc) is 2.38. The molecule has 0 radical (unpaired) electrons. The smallest absolute Gasteiger partial charge is 0.141 e. The maximum absolute atomic E-state index is 12.1. The number of Topliss-reactive ketones (excluding diaryl/α,β-unsaturated/α-hetero) is 1. The van der Waals surface area contributed by atoms with Gasteiger partial charge in [-0.15, -0.1) is 0 Å². The predicted molar refractivity (Wildman–Crippen MR) is 84.0 cm³/mol. The number of ketones is 1. The van der Waals surface area contributed by atoms with Crippen molar-refractivity contribution < 1.29 is 9.53 Å². The molecule has 2 N–H and O–H groups in total. The third-order valence-corrected chi connectivity index (χ3v) is 3.59. The fraction of sp³-hybridized carbons (Fsp3) is 0.188. The van der Waals surface area contributed by atoms with Gasteiger partial charge in [0.1, 0.15) is 11.5 Å². The lowest BCUT2D eigenvalue weighted by atomic mass is 10.0. The Bertz CT molecular complexity index is 626. The van der Waals surface area contributed by atoms with Gasteiger partial charge in [-0.05, 0) is 51.3 Å². The summed E-state index contributed by atoms with van der Waals surface area (Å²) in [6, 6.07) is 13.1. The van der Waals surface area contributed by atoms with Gasteiger partial charge in [-0.25, -0.2) is 0 Å². The predicted octanol–water partition coefficient (Wildman–Crippen LogP) is 3.39. The fourth-order valence-electron chi connectivity index (χ4n) is 2.04. The van der Waals surface area contributed by atoms with Gasteiger partial charge in [0.2, 0.25) is 0 Å². The zero-order valence-corrected chi connectivity index (χ0v) is 12.8. The first-order valence-electron chi connectivity index (χ1n) is 6.27. The summed E-state index contributed by atoms with van der Waals surface area (Å²) in [5.74, 6) is 0.921. The third-order valence-electron chi connectivity index (χ3n) is 2.97. The largest absolute Gasteiger partial charge is 0.496 e. The number of hydrogen-bond donors (Lipinski definition) is 1. The van der Waals surface area contributed by atoms with Gasteiger partial charge in [-0.1, -0.05) is 18.2 Å². The van der Waals surface area contributed by atoms with E-state index >= 15 is 0 Å². The van der Waals surface area contributed by atoms with Crippen molar-refractivity contribution in [3.8, 4) is 5.75 Å². The van der Waals surface area contributed by atoms with E-state index in [0.29, 0.717) is 18.5 Å². The molecule has 0 aromatic heterocycles. The highest BCUT2D eigenvalue weighted by atomic mass is 79.9. The van der Waals surface area contributed by atoms with Crippen LogP contribution in [-0.4, -0.2) is 12.9 Å². The number of anilines is 1. The van der Waals surface area contributed by atoms with E-state index in [1.54, 1.807) is 7.11 Å². The van der Waals surface area contributed by atoms with Gasteiger partial charge in [-0.2, -0.15) is 0 Å². The van der Waals surface area contributed by atoms with Crippen molar-refractivity contribution in [2.45, 2.75) is 12.8 Å². The van der Waals surface area contributed by atoms with Crippen LogP contribution in [0.25, 0.3) is 0 Å². The van der Waals surface area contributed by atoms with Crippen molar-refractivity contribution in [2.24, 2.45) is 0 Å². The molecule has 0 unspecified atom stereocenters. The number of carbonyl (C=O) groups is 1. The number of carbonyl (C=O) groups excluding carboxylic acids is 1. The van der Waals surface area contributed by atoms with Crippen molar-refractivity contribution in [3.63, 3.8) is 0 Å². The monoisotopic (exact) mass is 333 g/mol. The molecule has 2 aromatic carbocycles. The molecule has 2 rings (SSSR count). The van der Waals surface area contributed by atoms with Crippen molar-refractivity contribution in [2.75, 3.05) is 12.8 Å². The van der Waals surface area contributed by atoms with E-state index in [2.05, 4.69) is 15.9 Å². The van der Waals surface area contributed by atoms with Gasteiger partial charge >= 0.3 is 0 Å². The molecule has 20 heavy (non-hydrogen) atoms. The molecule has 0 bridgehead atoms. The van der Waals surface area contributed by atoms with E-state index in [1.165, 1.54) is 0 Å². The summed E-state index contributed by atoms with van der Waals surface area (Å²) < 4.78 is 6.02. The Morgan fingerprint density at radius 2 is 1.85 bits per heavy atom. The quantitative estimate of drug-likeness (QED) is 0.853. The number of hydrogen-bond acceptors (Lipinski definition) is 3. The molecule has 0 saturated carbocycles. The van der Waals surface area contributed by atoms with E-state index in [0.717, 1.165) is 21.3 Å². The normalized spacial score (nSPS) is 10.3. The molecule has 2 aromatic rings. The Kier molecular flexibility index (Phi) is 4.79. The van der Waals surface area contributed by atoms with Gasteiger partial charge in [0.15, 0.2) is 0 Å². The van der Waals surface area contributed by atoms with E-state index in [4.69, 9.17) is 10.5 Å². The SMILES string of the molecule is COc1ccc(CC(=O)Cc2cccc(N)c2)cc1Br. The topological polar surface area (TPSA) is 52.3 Å². The minimum absolute atomic E-state index is 0.160. The summed E-state index contributed by atoms with van der Waals surface area (Å²) in [6.07, 6.45) is 0.798. The molecule has 4 heteroatoms. The first-order valence-corrected chi connectivity index (χ1v) is 7.06. The lowest BCUT2D eigenvalue weighted by Crippen LogP contribution is -2.07. The van der Waals surface area contributed by atoms with Gasteiger partial charge in [0.05, 0.1) is 11.6 Å². The molecular formula is C16H16BrNO2. The van der Waals surface area contributed by atoms with Crippen molar-refractivity contribution in [3.05, 3.63) is 58.1 Å². The van der Waals surface area contributed by atoms with E-state index < -0.39 is 0 Å². The lowest BCUT2D eigenvalue weighted by Gasteiger charge is -2.06. The van der Waals surface area contributed by atoms with Crippen LogP contribution in [0.1, 0.15) is 11.1 Å². The van der Waals surface area contributed by atoms with Gasteiger partial charge in [-0.3, -0.25) is 4.79 Å². The Morgan fingerprint density at radius 1 is 1.15 bits per heavy atom. The number of rotatable bonds is 5. The van der Waals surface area contributed by atoms with Gasteiger partial charge < -0.3 is 10.5 Å². The maximum atomic E-state index is 12.1. The lowest BCUT2D eigenvalue weighted by molar-refractivity contribution is -0.117. The molecular weight excluding hydrogens is 318 g/mol. The van der Waals surface area contributed by atoms with Crippen molar-refractivity contribution in [1.29, 1.82) is 0 Å². The molecule has 0 atom stereocenters. The first kappa shape index (κ1) is 14.6. The summed E-state index contributed by atoms with van der Waals surface area (Å²) >= 11 is 3.42. The fourth-order valence-corrected chi connectivity index (χ4v) is 2.63. The molecule has 0 heterocycles. The first-order chi connectivity index (χ1) is 9.58. The average molecular weight is 334 g/mol. The molecule has 0 amide bonds. The minimum atomic E-state index is 0.160. The molecule has 104 valence electrons. The van der Waals surface area contributed by atoms with Crippen LogP contribution in [-0.2, 0) is 17.6 Å². The third kappa shape index (κ3) is 3.84. The highest BCUT2D eigenvalue weighted by Gasteiger charge is 2.08. The minimum Gasteiger partial charge on any atom is -0.496 e. The van der Waals surface area contributed by atoms with Crippen LogP contribution < -0.4 is 10.5 Å². The summed E-state index contributed by atoms with van der Waals surface area (Å²) in [4.78, 5) is 12.1. The number of methoxy groups -OCH3 is 1. The number of benzene rings is 2. The summed E-state index contributed by atoms with van der Waals surface area (Å²) in [6.45, 7) is 0. The van der Waals surface area contributed by atoms with Crippen molar-refractivity contribution in [1.82, 2.24) is 0 Å². The molecule has 3 nitrogen and oxygen atoms in total. The zero-order chi connectivity index (χ0) is 14.5. The zero-order valence-electron chi connectivity index (χ0n) is 11.2. The number of nitrogen functional groups attached to an aromatic ring is 1. The second kappa shape index (κ2) is 6.57. The Balaban J connectivity index is 2.03. The van der Waals surface area contributed by atoms with Crippen LogP contribution in [0.2, 0.25) is 0 Å². The van der Waals surface area contributed by atoms with Crippen LogP contribution in [0, 0.1) is 0 Å². The van der Waals surface area contributed by atoms with Crippen LogP contribution in [0.15, 0.2) is 46.9 Å². The standard InChI is InChI=1S/C16H16BrNO2/c1-20-16-6-5-12(10-15(16)17)9-14(19)8-11-3-2-4-13(18)7-11/h2-7,10H,8-9,18H2,1H3. The van der Waals surface area contributed by atoms with E-state index in [9.17, 15) is 4.79 Å². The second-order valence-corrected chi connectivity index (χ2v) is 5.46. The number of ether oxygens (including phenoxy) is 1. The molecule has 0 spiro atoms. The Labute approximate surface area is 126 Å². The highest BCUT2D eigenvalue weighted by Crippen LogP contribution is 2.25. The van der Waals surface area contributed by atoms with Crippen molar-refractivity contribution >= 4 is 27.4 Å². The second-order valence-electron chi connectivity index (χ2n) is 4.61.